The van der Waals surface area contributed by atoms with Crippen molar-refractivity contribution in [1.29, 1.82) is 0 Å². The van der Waals surface area contributed by atoms with E-state index in [1.165, 1.54) is 11.3 Å². The number of nitrogens with one attached hydrogen (secondary N) is 1. The first kappa shape index (κ1) is 17.2. The van der Waals surface area contributed by atoms with Crippen molar-refractivity contribution in [2.75, 3.05) is 11.9 Å². The SMILES string of the molecule is CN1C(=O)C[C@H](C(=O)N[C@@H](CC(=O)O)c2cccs2)c2ccccc21. The largest absolute Gasteiger partial charge is 0.481 e. The van der Waals surface area contributed by atoms with E-state index < -0.39 is 17.9 Å². The first-order chi connectivity index (χ1) is 12.0. The van der Waals surface area contributed by atoms with E-state index in [9.17, 15) is 14.4 Å². The molecule has 2 amide bonds. The van der Waals surface area contributed by atoms with E-state index in [0.717, 1.165) is 10.4 Å². The van der Waals surface area contributed by atoms with Crippen molar-refractivity contribution in [2.45, 2.75) is 24.8 Å². The Morgan fingerprint density at radius 3 is 2.76 bits per heavy atom. The van der Waals surface area contributed by atoms with E-state index in [1.54, 1.807) is 24.1 Å². The van der Waals surface area contributed by atoms with Crippen LogP contribution in [0.25, 0.3) is 0 Å². The molecule has 0 radical (unpaired) electrons. The summed E-state index contributed by atoms with van der Waals surface area (Å²) in [5, 5.41) is 13.8. The minimum absolute atomic E-state index is 0.0730. The van der Waals surface area contributed by atoms with Crippen LogP contribution in [0.4, 0.5) is 5.69 Å². The summed E-state index contributed by atoms with van der Waals surface area (Å²) in [7, 11) is 1.69. The van der Waals surface area contributed by atoms with E-state index in [1.807, 2.05) is 29.6 Å². The number of aliphatic carboxylic acids is 1. The van der Waals surface area contributed by atoms with Crippen molar-refractivity contribution in [3.05, 3.63) is 52.2 Å². The third kappa shape index (κ3) is 3.56. The summed E-state index contributed by atoms with van der Waals surface area (Å²) < 4.78 is 0. The third-order valence-electron chi connectivity index (χ3n) is 4.32. The normalized spacial score (nSPS) is 17.7. The fourth-order valence-corrected chi connectivity index (χ4v) is 3.81. The van der Waals surface area contributed by atoms with Crippen molar-refractivity contribution in [2.24, 2.45) is 0 Å². The topological polar surface area (TPSA) is 86.7 Å². The molecular formula is C18H18N2O4S. The summed E-state index contributed by atoms with van der Waals surface area (Å²) in [6.45, 7) is 0. The molecule has 2 aromatic rings. The number of benzene rings is 1. The standard InChI is InChI=1S/C18H18N2O4S/c1-20-14-6-3-2-5-11(14)12(9-16(20)21)18(24)19-13(10-17(22)23)15-7-4-8-25-15/h2-8,12-13H,9-10H2,1H3,(H,19,24)(H,22,23)/t12-,13-/m0/s1. The summed E-state index contributed by atoms with van der Waals surface area (Å²) in [5.74, 6) is -2.06. The van der Waals surface area contributed by atoms with Gasteiger partial charge in [0.05, 0.1) is 18.4 Å². The molecule has 0 fully saturated rings. The maximum atomic E-state index is 12.8. The number of fused-ring (bicyclic) bond motifs is 1. The Balaban J connectivity index is 1.86. The maximum Gasteiger partial charge on any atom is 0.305 e. The van der Waals surface area contributed by atoms with Gasteiger partial charge in [-0.25, -0.2) is 0 Å². The first-order valence-corrected chi connectivity index (χ1v) is 8.76. The smallest absolute Gasteiger partial charge is 0.305 e. The Hall–Kier alpha value is -2.67. The van der Waals surface area contributed by atoms with Gasteiger partial charge in [-0.3, -0.25) is 14.4 Å². The van der Waals surface area contributed by atoms with Crippen LogP contribution >= 0.6 is 11.3 Å². The average molecular weight is 358 g/mol. The van der Waals surface area contributed by atoms with Gasteiger partial charge in [-0.1, -0.05) is 24.3 Å². The van der Waals surface area contributed by atoms with Gasteiger partial charge in [-0.15, -0.1) is 11.3 Å². The molecule has 130 valence electrons. The van der Waals surface area contributed by atoms with Crippen LogP contribution in [0.1, 0.15) is 35.2 Å². The zero-order valence-electron chi connectivity index (χ0n) is 13.6. The molecule has 2 atom stereocenters. The predicted molar refractivity (Wildman–Crippen MR) is 94.7 cm³/mol. The highest BCUT2D eigenvalue weighted by Crippen LogP contribution is 2.36. The Morgan fingerprint density at radius 1 is 1.32 bits per heavy atom. The second kappa shape index (κ2) is 7.06. The number of nitrogens with zero attached hydrogens (tertiary/aromatic N) is 1. The molecule has 1 aliphatic heterocycles. The number of carboxylic acids is 1. The molecule has 0 saturated carbocycles. The molecule has 1 aromatic heterocycles. The van der Waals surface area contributed by atoms with Gasteiger partial charge in [0.15, 0.2) is 0 Å². The molecule has 6 nitrogen and oxygen atoms in total. The molecule has 3 rings (SSSR count). The lowest BCUT2D eigenvalue weighted by Crippen LogP contribution is -2.40. The summed E-state index contributed by atoms with van der Waals surface area (Å²) >= 11 is 1.39. The van der Waals surface area contributed by atoms with Crippen molar-refractivity contribution >= 4 is 34.8 Å². The zero-order chi connectivity index (χ0) is 18.0. The second-order valence-electron chi connectivity index (χ2n) is 5.94. The Morgan fingerprint density at radius 2 is 2.08 bits per heavy atom. The van der Waals surface area contributed by atoms with E-state index >= 15 is 0 Å². The third-order valence-corrected chi connectivity index (χ3v) is 5.31. The Kier molecular flexibility index (Phi) is 4.85. The molecular weight excluding hydrogens is 340 g/mol. The van der Waals surface area contributed by atoms with Crippen LogP contribution in [0.2, 0.25) is 0 Å². The number of carbonyl (C=O) groups excluding carboxylic acids is 2. The van der Waals surface area contributed by atoms with Gasteiger partial charge in [-0.05, 0) is 23.1 Å². The predicted octanol–water partition coefficient (Wildman–Crippen LogP) is 2.53. The van der Waals surface area contributed by atoms with Crippen molar-refractivity contribution in [3.8, 4) is 0 Å². The van der Waals surface area contributed by atoms with Gasteiger partial charge in [-0.2, -0.15) is 0 Å². The molecule has 0 bridgehead atoms. The molecule has 7 heteroatoms. The lowest BCUT2D eigenvalue weighted by atomic mass is 9.88. The lowest BCUT2D eigenvalue weighted by Gasteiger charge is -2.31. The lowest BCUT2D eigenvalue weighted by molar-refractivity contribution is -0.138. The van der Waals surface area contributed by atoms with Crippen LogP contribution in [0.5, 0.6) is 0 Å². The highest BCUT2D eigenvalue weighted by molar-refractivity contribution is 7.10. The average Bonchev–Trinajstić information content (AvgIpc) is 3.11. The summed E-state index contributed by atoms with van der Waals surface area (Å²) in [4.78, 5) is 38.5. The van der Waals surface area contributed by atoms with Gasteiger partial charge in [0.2, 0.25) is 11.8 Å². The number of hydrogen-bond acceptors (Lipinski definition) is 4. The molecule has 2 heterocycles. The first-order valence-electron chi connectivity index (χ1n) is 7.88. The molecule has 0 unspecified atom stereocenters. The Bertz CT molecular complexity index is 803. The zero-order valence-corrected chi connectivity index (χ0v) is 14.5. The Labute approximate surface area is 149 Å². The van der Waals surface area contributed by atoms with Crippen LogP contribution in [0.15, 0.2) is 41.8 Å². The quantitative estimate of drug-likeness (QED) is 0.860. The molecule has 25 heavy (non-hydrogen) atoms. The van der Waals surface area contributed by atoms with Crippen LogP contribution in [-0.2, 0) is 14.4 Å². The van der Waals surface area contributed by atoms with Crippen LogP contribution in [0, 0.1) is 0 Å². The summed E-state index contributed by atoms with van der Waals surface area (Å²) in [6, 6.07) is 10.3. The molecule has 2 N–H and O–H groups in total. The number of anilines is 1. The maximum absolute atomic E-state index is 12.8. The minimum Gasteiger partial charge on any atom is -0.481 e. The van der Waals surface area contributed by atoms with Crippen molar-refractivity contribution < 1.29 is 19.5 Å². The van der Waals surface area contributed by atoms with Crippen LogP contribution in [-0.4, -0.2) is 29.9 Å². The minimum atomic E-state index is -0.987. The number of carboxylic acid groups (broad SMARTS) is 1. The van der Waals surface area contributed by atoms with Crippen molar-refractivity contribution in [1.82, 2.24) is 5.32 Å². The van der Waals surface area contributed by atoms with Gasteiger partial charge in [0, 0.05) is 24.0 Å². The summed E-state index contributed by atoms with van der Waals surface area (Å²) in [6.07, 6.45) is -0.127. The van der Waals surface area contributed by atoms with E-state index in [2.05, 4.69) is 5.32 Å². The molecule has 0 spiro atoms. The van der Waals surface area contributed by atoms with Crippen molar-refractivity contribution in [3.63, 3.8) is 0 Å². The van der Waals surface area contributed by atoms with Gasteiger partial charge >= 0.3 is 5.97 Å². The van der Waals surface area contributed by atoms with E-state index in [-0.39, 0.29) is 24.7 Å². The van der Waals surface area contributed by atoms with Crippen LogP contribution < -0.4 is 10.2 Å². The van der Waals surface area contributed by atoms with E-state index in [0.29, 0.717) is 5.69 Å². The second-order valence-corrected chi connectivity index (χ2v) is 6.92. The number of para-hydroxylation sites is 1. The number of hydrogen-bond donors (Lipinski definition) is 2. The molecule has 0 aliphatic carbocycles. The van der Waals surface area contributed by atoms with Gasteiger partial charge < -0.3 is 15.3 Å². The highest BCUT2D eigenvalue weighted by atomic mass is 32.1. The monoisotopic (exact) mass is 358 g/mol. The number of thiophene rings is 1. The number of amides is 2. The molecule has 0 saturated heterocycles. The fraction of sp³-hybridized carbons (Fsp3) is 0.278. The summed E-state index contributed by atoms with van der Waals surface area (Å²) in [5.41, 5.74) is 1.49. The molecule has 1 aromatic carbocycles. The fourth-order valence-electron chi connectivity index (χ4n) is 3.04. The van der Waals surface area contributed by atoms with Gasteiger partial charge in [0.25, 0.3) is 0 Å². The molecule has 1 aliphatic rings. The van der Waals surface area contributed by atoms with Gasteiger partial charge in [0.1, 0.15) is 0 Å². The van der Waals surface area contributed by atoms with E-state index in [4.69, 9.17) is 5.11 Å². The highest BCUT2D eigenvalue weighted by Gasteiger charge is 2.34. The van der Waals surface area contributed by atoms with Crippen LogP contribution in [0.3, 0.4) is 0 Å². The number of rotatable bonds is 5. The number of carbonyl (C=O) groups is 3.